The number of nitrogens with one attached hydrogen (secondary N) is 3. The molecule has 0 aliphatic carbocycles. The number of hydrogen-bond donors (Lipinski definition) is 3. The molecule has 0 bridgehead atoms. The number of carbonyl (C=O) groups is 10. The van der Waals surface area contributed by atoms with Crippen LogP contribution in [-0.2, 0) is 68.6 Å². The van der Waals surface area contributed by atoms with Crippen LogP contribution in [0.3, 0.4) is 0 Å². The number of fused-ring (bicyclic) bond motifs is 1. The first-order valence-electron chi connectivity index (χ1n) is 25.6. The number of methoxy groups -OCH3 is 1. The van der Waals surface area contributed by atoms with Gasteiger partial charge < -0.3 is 49.6 Å². The van der Waals surface area contributed by atoms with Crippen LogP contribution in [0.15, 0.2) is 24.3 Å². The Morgan fingerprint density at radius 2 is 1.51 bits per heavy atom. The third-order valence-electron chi connectivity index (χ3n) is 13.7. The summed E-state index contributed by atoms with van der Waals surface area (Å²) >= 11 is 0. The zero-order chi connectivity index (χ0) is 55.2. The maximum atomic E-state index is 14.9. The van der Waals surface area contributed by atoms with Crippen molar-refractivity contribution in [2.75, 3.05) is 27.7 Å². The van der Waals surface area contributed by atoms with Crippen molar-refractivity contribution >= 4 is 59.1 Å². The maximum Gasteiger partial charge on any atom is 0.329 e. The number of cyclic esters (lactones) is 2. The highest BCUT2D eigenvalue weighted by atomic mass is 16.6. The highest BCUT2D eigenvalue weighted by molar-refractivity contribution is 6.05. The molecule has 1 aromatic carbocycles. The number of nitrogens with zero attached hydrogens (tertiary/aromatic N) is 3. The van der Waals surface area contributed by atoms with Gasteiger partial charge in [-0.3, -0.25) is 43.2 Å². The molecular formula is C53H82N6O14. The van der Waals surface area contributed by atoms with E-state index in [9.17, 15) is 47.9 Å². The van der Waals surface area contributed by atoms with Gasteiger partial charge in [-0.2, -0.15) is 0 Å². The molecule has 3 rings (SSSR count). The Kier molecular flexibility index (Phi) is 23.3. The molecular weight excluding hydrogens is 945 g/mol. The van der Waals surface area contributed by atoms with Crippen LogP contribution < -0.4 is 20.7 Å². The molecule has 2 aliphatic heterocycles. The van der Waals surface area contributed by atoms with Crippen molar-refractivity contribution in [2.24, 2.45) is 29.6 Å². The van der Waals surface area contributed by atoms with Crippen molar-refractivity contribution in [1.29, 1.82) is 0 Å². The van der Waals surface area contributed by atoms with Crippen LogP contribution >= 0.6 is 0 Å². The lowest BCUT2D eigenvalue weighted by atomic mass is 9.91. The lowest BCUT2D eigenvalue weighted by Gasteiger charge is -2.36. The lowest BCUT2D eigenvalue weighted by molar-refractivity contribution is -0.166. The second kappa shape index (κ2) is 27.8. The molecule has 2 heterocycles. The number of amides is 6. The third-order valence-corrected chi connectivity index (χ3v) is 13.7. The monoisotopic (exact) mass is 1030 g/mol. The number of Topliss-reactive ketones (excluding diaryl/α,β-unsaturated/α-hetero) is 1. The fraction of sp³-hybridized carbons (Fsp3) is 0.698. The minimum Gasteiger partial charge on any atom is -0.497 e. The zero-order valence-corrected chi connectivity index (χ0v) is 45.6. The number of carbonyl (C=O) groups excluding carboxylic acids is 10. The van der Waals surface area contributed by atoms with E-state index in [0.29, 0.717) is 24.2 Å². The number of benzene rings is 1. The Morgan fingerprint density at radius 1 is 0.877 bits per heavy atom. The van der Waals surface area contributed by atoms with E-state index in [0.717, 1.165) is 6.92 Å². The average Bonchev–Trinajstić information content (AvgIpc) is 3.82. The van der Waals surface area contributed by atoms with Crippen LogP contribution in [-0.4, -0.2) is 156 Å². The Bertz CT molecular complexity index is 2130. The molecule has 6 amide bonds. The van der Waals surface area contributed by atoms with E-state index in [4.69, 9.17) is 18.9 Å². The van der Waals surface area contributed by atoms with Crippen LogP contribution in [0.25, 0.3) is 0 Å². The van der Waals surface area contributed by atoms with E-state index in [1.54, 1.807) is 52.0 Å². The number of rotatable bonds is 14. The van der Waals surface area contributed by atoms with Crippen LogP contribution in [0.5, 0.6) is 5.75 Å². The van der Waals surface area contributed by atoms with Crippen molar-refractivity contribution in [3.8, 4) is 5.75 Å². The molecule has 0 spiro atoms. The van der Waals surface area contributed by atoms with Crippen LogP contribution in [0.4, 0.5) is 0 Å². The Labute approximate surface area is 431 Å². The summed E-state index contributed by atoms with van der Waals surface area (Å²) in [6.07, 6.45) is -3.78. The molecule has 20 heteroatoms. The first-order valence-corrected chi connectivity index (χ1v) is 25.6. The second-order valence-corrected chi connectivity index (χ2v) is 20.9. The summed E-state index contributed by atoms with van der Waals surface area (Å²) in [7, 11) is 4.36. The van der Waals surface area contributed by atoms with Gasteiger partial charge in [0.25, 0.3) is 0 Å². The van der Waals surface area contributed by atoms with E-state index in [-0.39, 0.29) is 44.1 Å². The molecule has 2 saturated heterocycles. The molecule has 0 unspecified atom stereocenters. The lowest BCUT2D eigenvalue weighted by Crippen LogP contribution is -2.61. The van der Waals surface area contributed by atoms with Gasteiger partial charge in [0.15, 0.2) is 11.9 Å². The van der Waals surface area contributed by atoms with Gasteiger partial charge in [-0.05, 0) is 80.9 Å². The van der Waals surface area contributed by atoms with E-state index >= 15 is 0 Å². The average molecular weight is 1030 g/mol. The molecule has 2 fully saturated rings. The van der Waals surface area contributed by atoms with Crippen LogP contribution in [0.1, 0.15) is 127 Å². The van der Waals surface area contributed by atoms with Crippen molar-refractivity contribution in [3.63, 3.8) is 0 Å². The molecule has 20 nitrogen and oxygen atoms in total. The van der Waals surface area contributed by atoms with Gasteiger partial charge in [0, 0.05) is 40.9 Å². The van der Waals surface area contributed by atoms with E-state index in [1.165, 1.54) is 56.7 Å². The third kappa shape index (κ3) is 17.0. The first kappa shape index (κ1) is 61.2. The fourth-order valence-corrected chi connectivity index (χ4v) is 9.13. The van der Waals surface area contributed by atoms with Gasteiger partial charge in [0.05, 0.1) is 25.5 Å². The molecule has 0 saturated carbocycles. The predicted octanol–water partition coefficient (Wildman–Crippen LogP) is 3.54. The van der Waals surface area contributed by atoms with Gasteiger partial charge in [0.1, 0.15) is 48.2 Å². The number of esters is 3. The molecule has 3 N–H and O–H groups in total. The topological polar surface area (TPSA) is 253 Å². The molecule has 1 aromatic rings. The van der Waals surface area contributed by atoms with Gasteiger partial charge in [-0.1, -0.05) is 73.9 Å². The number of ether oxygens (including phenoxy) is 4. The van der Waals surface area contributed by atoms with Gasteiger partial charge in [-0.25, -0.2) is 4.79 Å². The number of likely N-dealkylation sites (N-methyl/N-ethyl adjacent to an activating group) is 2. The summed E-state index contributed by atoms with van der Waals surface area (Å²) in [5.41, 5.74) is 0.590. The summed E-state index contributed by atoms with van der Waals surface area (Å²) in [4.78, 5) is 145. The van der Waals surface area contributed by atoms with E-state index in [1.807, 2.05) is 27.7 Å². The summed E-state index contributed by atoms with van der Waals surface area (Å²) in [6, 6.07) is -0.766. The minimum atomic E-state index is -1.69. The number of hydrogen-bond acceptors (Lipinski definition) is 14. The Morgan fingerprint density at radius 3 is 2.04 bits per heavy atom. The minimum absolute atomic E-state index is 0.0954. The van der Waals surface area contributed by atoms with Gasteiger partial charge in [0.2, 0.25) is 35.4 Å². The molecule has 408 valence electrons. The maximum absolute atomic E-state index is 14.9. The van der Waals surface area contributed by atoms with Gasteiger partial charge >= 0.3 is 17.9 Å². The molecule has 2 aliphatic rings. The second-order valence-electron chi connectivity index (χ2n) is 20.9. The van der Waals surface area contributed by atoms with Crippen molar-refractivity contribution in [2.45, 2.75) is 183 Å². The normalized spacial score (nSPS) is 26.3. The summed E-state index contributed by atoms with van der Waals surface area (Å²) in [5.74, 6) is -9.90. The first-order chi connectivity index (χ1) is 34.1. The Balaban J connectivity index is 2.34. The number of ketones is 1. The predicted molar refractivity (Wildman–Crippen MR) is 269 cm³/mol. The Hall–Kier alpha value is -6.08. The molecule has 0 aromatic heterocycles. The van der Waals surface area contributed by atoms with Crippen molar-refractivity contribution in [1.82, 2.24) is 30.7 Å². The molecule has 73 heavy (non-hydrogen) atoms. The standard InChI is InChI=1S/C53H82N6O14/c1-16-31(8)44-42(72-35(12)61)27-43(62)73-47(30(6)7)46(63)32(9)48(64)54-38(24-28(2)3)51(67)59-23-17-18-39(59)52(68)58(14)41(26-36-19-21-37(70-15)22-20-36)53(69)71-33(10)45(50(66)55-44)56-49(65)40(25-29(4)5)57(13)34(11)60/h19-22,28-33,38-42,44-45,47H,16-18,23-27H2,1-15H3,(H,54,64)(H,55,66)(H,56,65)/t31-,32-,33-,38-,39-,40-,41-,42-,44-,45-,47-/m0/s1. The van der Waals surface area contributed by atoms with Crippen molar-refractivity contribution < 1.29 is 66.9 Å². The molecule has 11 atom stereocenters. The summed E-state index contributed by atoms with van der Waals surface area (Å²) in [5, 5.41) is 8.33. The SMILES string of the molecule is CC[C@H](C)[C@@H]1NC(=O)[C@@H](NC(=O)[C@H](CC(C)C)N(C)C(C)=O)[C@H](C)OC(=O)[C@H](Cc2ccc(OC)cc2)N(C)C(=O)[C@@H]2CCCN2C(=O)[C@H](CC(C)C)NC(=O)[C@@H](C)C(=O)[C@H](C(C)C)OC(=O)C[C@@H]1OC(C)=O. The largest absolute Gasteiger partial charge is 0.497 e. The quantitative estimate of drug-likeness (QED) is 0.137. The smallest absolute Gasteiger partial charge is 0.329 e. The van der Waals surface area contributed by atoms with Gasteiger partial charge in [-0.15, -0.1) is 0 Å². The van der Waals surface area contributed by atoms with Crippen molar-refractivity contribution in [3.05, 3.63) is 29.8 Å². The zero-order valence-electron chi connectivity index (χ0n) is 45.6. The fourth-order valence-electron chi connectivity index (χ4n) is 9.13. The summed E-state index contributed by atoms with van der Waals surface area (Å²) in [6.45, 7) is 19.5. The van der Waals surface area contributed by atoms with Crippen LogP contribution in [0, 0.1) is 29.6 Å². The highest BCUT2D eigenvalue weighted by Gasteiger charge is 2.45. The van der Waals surface area contributed by atoms with E-state index in [2.05, 4.69) is 16.0 Å². The molecule has 0 radical (unpaired) electrons. The highest BCUT2D eigenvalue weighted by Crippen LogP contribution is 2.26. The summed E-state index contributed by atoms with van der Waals surface area (Å²) < 4.78 is 23.0. The van der Waals surface area contributed by atoms with Crippen LogP contribution in [0.2, 0.25) is 0 Å². The van der Waals surface area contributed by atoms with E-state index < -0.39 is 138 Å².